The number of hydrogen-bond acceptors (Lipinski definition) is 3. The average Bonchev–Trinajstić information content (AvgIpc) is 2.45. The molecule has 0 heterocycles. The first-order valence-corrected chi connectivity index (χ1v) is 6.86. The highest BCUT2D eigenvalue weighted by atomic mass is 35.5. The fourth-order valence-corrected chi connectivity index (χ4v) is 2.05. The van der Waals surface area contributed by atoms with Crippen LogP contribution in [0.3, 0.4) is 0 Å². The molecule has 0 fully saturated rings. The Labute approximate surface area is 134 Å². The van der Waals surface area contributed by atoms with Crippen LogP contribution >= 0.6 is 11.6 Å². The van der Waals surface area contributed by atoms with E-state index in [4.69, 9.17) is 22.1 Å². The fraction of sp³-hybridized carbons (Fsp3) is 0.200. The Morgan fingerprint density at radius 3 is 2.39 bits per heavy atom. The zero-order valence-corrected chi connectivity index (χ0v) is 12.4. The number of alkyl halides is 3. The highest BCUT2D eigenvalue weighted by molar-refractivity contribution is 6.30. The van der Waals surface area contributed by atoms with Crippen molar-refractivity contribution in [1.82, 2.24) is 0 Å². The molecule has 0 radical (unpaired) electrons. The molecule has 0 aromatic heterocycles. The molecule has 0 saturated carbocycles. The van der Waals surface area contributed by atoms with Crippen LogP contribution in [0.25, 0.3) is 11.1 Å². The van der Waals surface area contributed by atoms with Gasteiger partial charge < -0.3 is 15.2 Å². The first-order valence-electron chi connectivity index (χ1n) is 6.48. The van der Waals surface area contributed by atoms with E-state index in [9.17, 15) is 17.6 Å². The lowest BCUT2D eigenvalue weighted by atomic mass is 10.0. The van der Waals surface area contributed by atoms with Crippen molar-refractivity contribution in [1.29, 1.82) is 0 Å². The van der Waals surface area contributed by atoms with Gasteiger partial charge in [-0.2, -0.15) is 0 Å². The molecule has 23 heavy (non-hydrogen) atoms. The van der Waals surface area contributed by atoms with Crippen molar-refractivity contribution in [2.24, 2.45) is 5.73 Å². The number of nitrogens with two attached hydrogens (primary N) is 1. The summed E-state index contributed by atoms with van der Waals surface area (Å²) in [5.41, 5.74) is 5.77. The molecular formula is C15H12ClF4NO2. The molecule has 0 spiro atoms. The van der Waals surface area contributed by atoms with E-state index < -0.39 is 17.9 Å². The number of halogens is 5. The monoisotopic (exact) mass is 349 g/mol. The zero-order valence-electron chi connectivity index (χ0n) is 11.7. The second-order valence-electron chi connectivity index (χ2n) is 4.47. The van der Waals surface area contributed by atoms with E-state index in [1.54, 1.807) is 0 Å². The minimum atomic E-state index is -4.87. The van der Waals surface area contributed by atoms with Gasteiger partial charge in [-0.25, -0.2) is 4.39 Å². The van der Waals surface area contributed by atoms with E-state index in [0.29, 0.717) is 5.56 Å². The highest BCUT2D eigenvalue weighted by Gasteiger charge is 2.32. The summed E-state index contributed by atoms with van der Waals surface area (Å²) in [6.07, 6.45) is -4.87. The van der Waals surface area contributed by atoms with Gasteiger partial charge >= 0.3 is 6.36 Å². The van der Waals surface area contributed by atoms with Gasteiger partial charge in [0.05, 0.1) is 0 Å². The van der Waals surface area contributed by atoms with Crippen LogP contribution in [0.2, 0.25) is 5.02 Å². The summed E-state index contributed by atoms with van der Waals surface area (Å²) in [5, 5.41) is 0.211. The predicted octanol–water partition coefficient (Wildman–Crippen LogP) is 4.38. The van der Waals surface area contributed by atoms with Gasteiger partial charge in [0.25, 0.3) is 0 Å². The quantitative estimate of drug-likeness (QED) is 0.815. The number of ether oxygens (including phenoxy) is 2. The van der Waals surface area contributed by atoms with Crippen molar-refractivity contribution in [2.45, 2.75) is 6.36 Å². The van der Waals surface area contributed by atoms with E-state index in [-0.39, 0.29) is 29.5 Å². The Kier molecular flexibility index (Phi) is 5.33. The summed E-state index contributed by atoms with van der Waals surface area (Å²) >= 11 is 5.68. The second kappa shape index (κ2) is 7.06. The molecule has 0 aliphatic heterocycles. The van der Waals surface area contributed by atoms with Crippen molar-refractivity contribution < 1.29 is 27.0 Å². The molecular weight excluding hydrogens is 338 g/mol. The van der Waals surface area contributed by atoms with Gasteiger partial charge in [-0.15, -0.1) is 13.2 Å². The maximum atomic E-state index is 13.9. The molecule has 0 amide bonds. The summed E-state index contributed by atoms with van der Waals surface area (Å²) < 4.78 is 60.2. The molecule has 0 aliphatic carbocycles. The van der Waals surface area contributed by atoms with Crippen molar-refractivity contribution >= 4 is 11.6 Å². The Balaban J connectivity index is 2.42. The standard InChI is InChI=1S/C15H12ClF4NO2/c16-10-2-3-11(12(17)8-10)9-1-4-13(23-15(18,19)20)14(7-9)22-6-5-21/h1-4,7-8H,5-6,21H2. The predicted molar refractivity (Wildman–Crippen MR) is 78.1 cm³/mol. The minimum Gasteiger partial charge on any atom is -0.488 e. The Morgan fingerprint density at radius 1 is 1.04 bits per heavy atom. The Morgan fingerprint density at radius 2 is 1.78 bits per heavy atom. The van der Waals surface area contributed by atoms with Gasteiger partial charge in [0.15, 0.2) is 11.5 Å². The molecule has 0 atom stereocenters. The molecule has 0 unspecified atom stereocenters. The Bertz CT molecular complexity index is 692. The van der Waals surface area contributed by atoms with E-state index in [1.807, 2.05) is 0 Å². The van der Waals surface area contributed by atoms with Crippen molar-refractivity contribution in [3.8, 4) is 22.6 Å². The normalized spacial score (nSPS) is 11.4. The van der Waals surface area contributed by atoms with Gasteiger partial charge in [-0.05, 0) is 35.9 Å². The van der Waals surface area contributed by atoms with E-state index >= 15 is 0 Å². The molecule has 124 valence electrons. The summed E-state index contributed by atoms with van der Waals surface area (Å²) in [6, 6.07) is 7.61. The lowest BCUT2D eigenvalue weighted by Crippen LogP contribution is -2.18. The largest absolute Gasteiger partial charge is 0.573 e. The SMILES string of the molecule is NCCOc1cc(-c2ccc(Cl)cc2F)ccc1OC(F)(F)F. The molecule has 2 aromatic carbocycles. The van der Waals surface area contributed by atoms with Crippen LogP contribution in [0.15, 0.2) is 36.4 Å². The van der Waals surface area contributed by atoms with Crippen LogP contribution in [-0.2, 0) is 0 Å². The van der Waals surface area contributed by atoms with E-state index in [1.165, 1.54) is 24.3 Å². The van der Waals surface area contributed by atoms with Gasteiger partial charge in [0.1, 0.15) is 12.4 Å². The van der Waals surface area contributed by atoms with Crippen molar-refractivity contribution in [3.05, 3.63) is 47.2 Å². The number of hydrogen-bond donors (Lipinski definition) is 1. The summed E-state index contributed by atoms with van der Waals surface area (Å²) in [4.78, 5) is 0. The van der Waals surface area contributed by atoms with E-state index in [0.717, 1.165) is 12.1 Å². The van der Waals surface area contributed by atoms with Crippen LogP contribution in [0.4, 0.5) is 17.6 Å². The van der Waals surface area contributed by atoms with Crippen LogP contribution < -0.4 is 15.2 Å². The molecule has 2 aromatic rings. The van der Waals surface area contributed by atoms with Crippen molar-refractivity contribution in [3.63, 3.8) is 0 Å². The topological polar surface area (TPSA) is 44.5 Å². The number of rotatable bonds is 5. The van der Waals surface area contributed by atoms with Gasteiger partial charge in [0.2, 0.25) is 0 Å². The molecule has 0 saturated heterocycles. The van der Waals surface area contributed by atoms with Gasteiger partial charge in [-0.3, -0.25) is 0 Å². The second-order valence-corrected chi connectivity index (χ2v) is 4.91. The lowest BCUT2D eigenvalue weighted by Gasteiger charge is -2.15. The summed E-state index contributed by atoms with van der Waals surface area (Å²) in [5.74, 6) is -1.31. The smallest absolute Gasteiger partial charge is 0.488 e. The molecule has 2 N–H and O–H groups in total. The molecule has 0 bridgehead atoms. The van der Waals surface area contributed by atoms with Crippen LogP contribution in [0, 0.1) is 5.82 Å². The van der Waals surface area contributed by atoms with Gasteiger partial charge in [-0.1, -0.05) is 17.7 Å². The van der Waals surface area contributed by atoms with Gasteiger partial charge in [0, 0.05) is 17.1 Å². The Hall–Kier alpha value is -1.99. The van der Waals surface area contributed by atoms with Crippen molar-refractivity contribution in [2.75, 3.05) is 13.2 Å². The maximum absolute atomic E-state index is 13.9. The summed E-state index contributed by atoms with van der Waals surface area (Å²) in [6.45, 7) is 0.0890. The fourth-order valence-electron chi connectivity index (χ4n) is 1.89. The lowest BCUT2D eigenvalue weighted by molar-refractivity contribution is -0.275. The number of benzene rings is 2. The maximum Gasteiger partial charge on any atom is 0.573 e. The third-order valence-corrected chi connectivity index (χ3v) is 3.02. The molecule has 2 rings (SSSR count). The van der Waals surface area contributed by atoms with Crippen LogP contribution in [0.5, 0.6) is 11.5 Å². The van der Waals surface area contributed by atoms with E-state index in [2.05, 4.69) is 4.74 Å². The average molecular weight is 350 g/mol. The van der Waals surface area contributed by atoms with Crippen LogP contribution in [0.1, 0.15) is 0 Å². The first kappa shape index (κ1) is 17.4. The third kappa shape index (κ3) is 4.74. The zero-order chi connectivity index (χ0) is 17.0. The van der Waals surface area contributed by atoms with Crippen LogP contribution in [-0.4, -0.2) is 19.5 Å². The molecule has 3 nitrogen and oxygen atoms in total. The summed E-state index contributed by atoms with van der Waals surface area (Å²) in [7, 11) is 0. The highest BCUT2D eigenvalue weighted by Crippen LogP contribution is 2.37. The third-order valence-electron chi connectivity index (χ3n) is 2.79. The molecule has 8 heteroatoms. The molecule has 0 aliphatic rings. The minimum absolute atomic E-state index is 0.0131. The first-order chi connectivity index (χ1) is 10.8.